The summed E-state index contributed by atoms with van der Waals surface area (Å²) >= 11 is 0. The first kappa shape index (κ1) is 63.9. The van der Waals surface area contributed by atoms with Gasteiger partial charge in [-0.15, -0.1) is 0 Å². The minimum atomic E-state index is -0.750. The van der Waals surface area contributed by atoms with E-state index in [1.807, 2.05) is 206 Å². The molecule has 0 amide bonds. The van der Waals surface area contributed by atoms with Crippen molar-refractivity contribution in [2.45, 2.75) is 84.0 Å². The van der Waals surface area contributed by atoms with Gasteiger partial charge in [0.2, 0.25) is 11.9 Å². The molecule has 0 atom stereocenters. The van der Waals surface area contributed by atoms with Crippen molar-refractivity contribution in [3.63, 3.8) is 0 Å². The van der Waals surface area contributed by atoms with Crippen molar-refractivity contribution in [2.75, 3.05) is 44.2 Å². The van der Waals surface area contributed by atoms with Gasteiger partial charge in [0.15, 0.2) is 0 Å². The minimum Gasteiger partial charge on any atom is -0.494 e. The van der Waals surface area contributed by atoms with Gasteiger partial charge in [-0.1, -0.05) is 91.0 Å². The van der Waals surface area contributed by atoms with Gasteiger partial charge in [0.1, 0.15) is 17.2 Å². The second kappa shape index (κ2) is 33.5. The lowest BCUT2D eigenvalue weighted by Gasteiger charge is -2.11. The number of rotatable bonds is 30. The number of para-hydroxylation sites is 5. The fraction of sp³-hybridized carbons (Fsp3) is 0.250. The van der Waals surface area contributed by atoms with E-state index in [9.17, 15) is 14.4 Å². The molecule has 0 aliphatic rings. The molecule has 0 aliphatic heterocycles. The van der Waals surface area contributed by atoms with Gasteiger partial charge < -0.3 is 44.5 Å². The SMILES string of the molecule is CCOc1nc2ccc(OCCCCCC(=O)O)cc2n1-c1ccccc1.COC(=O)CCCCCOc1ccc2nc(Nc3ccccc3)n(-c3ccccc3)c2c1.O=C(O)CCCCCOc1ccc2nc(Nc3ccccc3)n(-c3ccccc3)c2c1. The van der Waals surface area contributed by atoms with Gasteiger partial charge in [-0.25, -0.2) is 9.97 Å². The normalized spacial score (nSPS) is 10.8. The van der Waals surface area contributed by atoms with Crippen molar-refractivity contribution >= 4 is 74.3 Å². The summed E-state index contributed by atoms with van der Waals surface area (Å²) in [7, 11) is 1.42. The molecule has 90 heavy (non-hydrogen) atoms. The van der Waals surface area contributed by atoms with Crippen molar-refractivity contribution in [2.24, 2.45) is 0 Å². The average Bonchev–Trinajstić information content (AvgIpc) is 1.72. The molecule has 0 unspecified atom stereocenters. The fourth-order valence-electron chi connectivity index (χ4n) is 9.94. The highest BCUT2D eigenvalue weighted by Gasteiger charge is 2.18. The molecule has 0 saturated heterocycles. The fourth-order valence-corrected chi connectivity index (χ4v) is 9.94. The van der Waals surface area contributed by atoms with Crippen LogP contribution in [0.3, 0.4) is 0 Å². The van der Waals surface area contributed by atoms with Crippen LogP contribution in [-0.4, -0.2) is 90.3 Å². The molecule has 0 fully saturated rings. The zero-order valence-corrected chi connectivity index (χ0v) is 50.8. The van der Waals surface area contributed by atoms with E-state index in [2.05, 4.69) is 41.6 Å². The molecule has 11 aromatic rings. The Hall–Kier alpha value is -10.6. The van der Waals surface area contributed by atoms with E-state index < -0.39 is 11.9 Å². The van der Waals surface area contributed by atoms with Crippen LogP contribution < -0.4 is 29.6 Å². The Kier molecular flexibility index (Phi) is 23.8. The largest absolute Gasteiger partial charge is 0.494 e. The number of ether oxygens (including phenoxy) is 5. The summed E-state index contributed by atoms with van der Waals surface area (Å²) in [4.78, 5) is 46.5. The number of hydrogen-bond donors (Lipinski definition) is 4. The van der Waals surface area contributed by atoms with E-state index in [1.165, 1.54) is 7.11 Å². The summed E-state index contributed by atoms with van der Waals surface area (Å²) < 4.78 is 34.3. The standard InChI is InChI=1S/C26H27N3O3.C25H25N3O3.C21H24N2O4/c1-31-25(30)15-9-4-10-18-32-22-16-17-23-24(19-22)29(21-13-7-3-8-14-21)26(28-23)27-20-11-5-2-6-12-20;29-24(30)14-8-3-9-17-31-21-15-16-22-23(18-21)28(20-12-6-2-7-13-20)25(27-22)26-19-10-4-1-5-11-19;1-2-26-21-22-18-13-12-17(27-14-8-4-7-11-20(24)25)15-19(18)23(21)16-9-5-3-6-10-16/h2-3,5-8,11-14,16-17,19H,4,9-10,15,18H2,1H3,(H,27,28);1-2,4-7,10-13,15-16,18H,3,8-9,14,17H2,(H,26,27)(H,29,30);3,5-6,9-10,12-13,15H,2,4,7-8,11,14H2,1H3,(H,24,25). The number of aromatic nitrogens is 6. The van der Waals surface area contributed by atoms with Crippen LogP contribution in [0.2, 0.25) is 0 Å². The second-order valence-electron chi connectivity index (χ2n) is 21.0. The van der Waals surface area contributed by atoms with Crippen LogP contribution >= 0.6 is 0 Å². The molecule has 11 rings (SSSR count). The number of carboxylic acid groups (broad SMARTS) is 2. The Labute approximate surface area is 523 Å². The lowest BCUT2D eigenvalue weighted by Crippen LogP contribution is -2.02. The number of anilines is 4. The lowest BCUT2D eigenvalue weighted by atomic mass is 10.2. The van der Waals surface area contributed by atoms with E-state index in [0.29, 0.717) is 51.7 Å². The number of carboxylic acids is 2. The quantitative estimate of drug-likeness (QED) is 0.0243. The van der Waals surface area contributed by atoms with Crippen LogP contribution in [0, 0.1) is 0 Å². The zero-order valence-electron chi connectivity index (χ0n) is 50.8. The summed E-state index contributed by atoms with van der Waals surface area (Å²) in [5, 5.41) is 24.2. The molecule has 0 radical (unpaired) electrons. The van der Waals surface area contributed by atoms with Crippen LogP contribution in [-0.2, 0) is 19.1 Å². The van der Waals surface area contributed by atoms with Gasteiger partial charge >= 0.3 is 23.9 Å². The monoisotopic (exact) mass is 1210 g/mol. The van der Waals surface area contributed by atoms with Gasteiger partial charge in [0.25, 0.3) is 0 Å². The van der Waals surface area contributed by atoms with Crippen LogP contribution in [0.15, 0.2) is 206 Å². The first-order valence-corrected chi connectivity index (χ1v) is 30.5. The maximum atomic E-state index is 11.2. The average molecular weight is 1210 g/mol. The summed E-state index contributed by atoms with van der Waals surface area (Å²) in [6.45, 7) is 4.19. The number of carbonyl (C=O) groups excluding carboxylic acids is 1. The maximum absolute atomic E-state index is 11.2. The highest BCUT2D eigenvalue weighted by atomic mass is 16.5. The highest BCUT2D eigenvalue weighted by molar-refractivity contribution is 5.85. The number of unbranched alkanes of at least 4 members (excludes halogenated alkanes) is 6. The number of methoxy groups -OCH3 is 1. The Morgan fingerprint density at radius 2 is 0.744 bits per heavy atom. The number of benzene rings is 8. The maximum Gasteiger partial charge on any atom is 0.305 e. The van der Waals surface area contributed by atoms with E-state index in [0.717, 1.165) is 136 Å². The number of hydrogen-bond acceptors (Lipinski definition) is 13. The zero-order chi connectivity index (χ0) is 62.7. The molecule has 4 N–H and O–H groups in total. The van der Waals surface area contributed by atoms with Gasteiger partial charge in [0.05, 0.1) is 72.3 Å². The molecule has 0 spiro atoms. The molecular formula is C72H76N8O10. The Morgan fingerprint density at radius 3 is 1.11 bits per heavy atom. The Morgan fingerprint density at radius 1 is 0.400 bits per heavy atom. The van der Waals surface area contributed by atoms with E-state index in [4.69, 9.17) is 39.1 Å². The molecule has 8 aromatic carbocycles. The van der Waals surface area contributed by atoms with E-state index in [1.54, 1.807) is 0 Å². The summed E-state index contributed by atoms with van der Waals surface area (Å²) in [5.74, 6) is 2.16. The molecule has 0 bridgehead atoms. The van der Waals surface area contributed by atoms with Crippen LogP contribution in [0.5, 0.6) is 23.3 Å². The Balaban J connectivity index is 0.000000161. The number of imidazole rings is 3. The molecule has 464 valence electrons. The number of esters is 1. The number of fused-ring (bicyclic) bond motifs is 3. The third-order valence-corrected chi connectivity index (χ3v) is 14.4. The highest BCUT2D eigenvalue weighted by Crippen LogP contribution is 2.33. The van der Waals surface area contributed by atoms with Crippen LogP contribution in [0.4, 0.5) is 23.3 Å². The number of nitrogens with zero attached hydrogens (tertiary/aromatic N) is 6. The molecule has 3 heterocycles. The lowest BCUT2D eigenvalue weighted by molar-refractivity contribution is -0.141. The molecule has 18 heteroatoms. The van der Waals surface area contributed by atoms with E-state index >= 15 is 0 Å². The molecular weight excluding hydrogens is 1140 g/mol. The Bertz CT molecular complexity index is 4010. The van der Waals surface area contributed by atoms with Crippen molar-refractivity contribution in [1.29, 1.82) is 0 Å². The van der Waals surface area contributed by atoms with Gasteiger partial charge in [-0.2, -0.15) is 4.98 Å². The summed E-state index contributed by atoms with van der Waals surface area (Å²) in [5.41, 5.74) is 10.4. The smallest absolute Gasteiger partial charge is 0.305 e. The minimum absolute atomic E-state index is 0.162. The van der Waals surface area contributed by atoms with E-state index in [-0.39, 0.29) is 18.8 Å². The predicted molar refractivity (Wildman–Crippen MR) is 353 cm³/mol. The van der Waals surface area contributed by atoms with Gasteiger partial charge in [-0.3, -0.25) is 28.1 Å². The van der Waals surface area contributed by atoms with Crippen molar-refractivity contribution in [3.8, 4) is 40.3 Å². The van der Waals surface area contributed by atoms with Crippen molar-refractivity contribution in [1.82, 2.24) is 28.7 Å². The third-order valence-electron chi connectivity index (χ3n) is 14.4. The molecule has 3 aromatic heterocycles. The molecule has 18 nitrogen and oxygen atoms in total. The van der Waals surface area contributed by atoms with Crippen LogP contribution in [0.1, 0.15) is 84.0 Å². The summed E-state index contributed by atoms with van der Waals surface area (Å²) in [6, 6.07) is 68.4. The third kappa shape index (κ3) is 18.5. The predicted octanol–water partition coefficient (Wildman–Crippen LogP) is 16.1. The van der Waals surface area contributed by atoms with Crippen molar-refractivity contribution < 1.29 is 48.3 Å². The van der Waals surface area contributed by atoms with Gasteiger partial charge in [0, 0.05) is 60.2 Å². The summed E-state index contributed by atoms with van der Waals surface area (Å²) in [6.07, 6.45) is 8.16. The number of carbonyl (C=O) groups is 3. The first-order chi connectivity index (χ1) is 44.1. The first-order valence-electron chi connectivity index (χ1n) is 30.5. The molecule has 0 aliphatic carbocycles. The van der Waals surface area contributed by atoms with Crippen molar-refractivity contribution in [3.05, 3.63) is 206 Å². The molecule has 0 saturated carbocycles. The van der Waals surface area contributed by atoms with Gasteiger partial charge in [-0.05, 0) is 162 Å². The second-order valence-corrected chi connectivity index (χ2v) is 21.0. The number of aliphatic carboxylic acids is 2. The topological polar surface area (TPSA) is 215 Å². The van der Waals surface area contributed by atoms with Crippen LogP contribution in [0.25, 0.3) is 50.2 Å². The number of nitrogens with one attached hydrogen (secondary N) is 2.